The minimum atomic E-state index is -1.09. The Morgan fingerprint density at radius 2 is 1.91 bits per heavy atom. The van der Waals surface area contributed by atoms with Crippen LogP contribution in [-0.2, 0) is 28.1 Å². The van der Waals surface area contributed by atoms with Gasteiger partial charge in [-0.1, -0.05) is 42.5 Å². The SMILES string of the molecule is CC(C1CC1)N(Cc1ccccc1F)C(=O)CN1C(=O)NC2(CCc3ccccc32)C1=O. The summed E-state index contributed by atoms with van der Waals surface area (Å²) < 4.78 is 14.3. The molecule has 2 aromatic rings. The molecule has 2 aromatic carbocycles. The fraction of sp³-hybridized carbons (Fsp3) is 0.400. The smallest absolute Gasteiger partial charge is 0.325 e. The Bertz CT molecular complexity index is 1100. The summed E-state index contributed by atoms with van der Waals surface area (Å²) in [6.45, 7) is 1.72. The maximum absolute atomic E-state index is 14.3. The lowest BCUT2D eigenvalue weighted by atomic mass is 9.92. The molecule has 32 heavy (non-hydrogen) atoms. The van der Waals surface area contributed by atoms with Gasteiger partial charge in [-0.2, -0.15) is 0 Å². The van der Waals surface area contributed by atoms with Crippen molar-refractivity contribution in [2.45, 2.75) is 50.7 Å². The van der Waals surface area contributed by atoms with Crippen LogP contribution in [0.5, 0.6) is 0 Å². The normalized spacial score (nSPS) is 22.8. The number of urea groups is 1. The average molecular weight is 435 g/mol. The maximum Gasteiger partial charge on any atom is 0.325 e. The Morgan fingerprint density at radius 3 is 2.66 bits per heavy atom. The number of nitrogens with zero attached hydrogens (tertiary/aromatic N) is 2. The molecule has 6 nitrogen and oxygen atoms in total. The van der Waals surface area contributed by atoms with Gasteiger partial charge in [-0.05, 0) is 55.7 Å². The quantitative estimate of drug-likeness (QED) is 0.708. The van der Waals surface area contributed by atoms with Crippen molar-refractivity contribution in [3.8, 4) is 0 Å². The zero-order valence-corrected chi connectivity index (χ0v) is 18.0. The molecule has 1 spiro atoms. The molecule has 2 aliphatic carbocycles. The van der Waals surface area contributed by atoms with Crippen molar-refractivity contribution in [3.05, 3.63) is 71.0 Å². The number of halogens is 1. The van der Waals surface area contributed by atoms with Crippen LogP contribution in [0.4, 0.5) is 9.18 Å². The van der Waals surface area contributed by atoms with E-state index in [2.05, 4.69) is 5.32 Å². The highest BCUT2D eigenvalue weighted by atomic mass is 19.1. The number of imide groups is 1. The van der Waals surface area contributed by atoms with E-state index in [1.54, 1.807) is 23.1 Å². The van der Waals surface area contributed by atoms with Crippen molar-refractivity contribution >= 4 is 17.8 Å². The Balaban J connectivity index is 1.38. The molecule has 0 radical (unpaired) electrons. The highest BCUT2D eigenvalue weighted by Crippen LogP contribution is 2.41. The largest absolute Gasteiger partial charge is 0.334 e. The minimum Gasteiger partial charge on any atom is -0.334 e. The van der Waals surface area contributed by atoms with Crippen molar-refractivity contribution in [2.75, 3.05) is 6.54 Å². The van der Waals surface area contributed by atoms with E-state index in [1.807, 2.05) is 31.2 Å². The zero-order valence-electron chi connectivity index (χ0n) is 18.0. The van der Waals surface area contributed by atoms with Gasteiger partial charge in [-0.3, -0.25) is 14.5 Å². The van der Waals surface area contributed by atoms with Gasteiger partial charge in [0.15, 0.2) is 0 Å². The highest BCUT2D eigenvalue weighted by Gasteiger charge is 2.55. The Labute approximate surface area is 186 Å². The Morgan fingerprint density at radius 1 is 1.19 bits per heavy atom. The number of hydrogen-bond acceptors (Lipinski definition) is 3. The van der Waals surface area contributed by atoms with Gasteiger partial charge in [0.1, 0.15) is 17.9 Å². The summed E-state index contributed by atoms with van der Waals surface area (Å²) >= 11 is 0. The summed E-state index contributed by atoms with van der Waals surface area (Å²) in [6.07, 6.45) is 3.22. The van der Waals surface area contributed by atoms with E-state index < -0.39 is 11.6 Å². The molecule has 5 rings (SSSR count). The van der Waals surface area contributed by atoms with Crippen LogP contribution < -0.4 is 5.32 Å². The number of nitrogens with one attached hydrogen (secondary N) is 1. The number of hydrogen-bond donors (Lipinski definition) is 1. The van der Waals surface area contributed by atoms with Gasteiger partial charge < -0.3 is 10.2 Å². The van der Waals surface area contributed by atoms with Crippen molar-refractivity contribution < 1.29 is 18.8 Å². The predicted molar refractivity (Wildman–Crippen MR) is 116 cm³/mol. The van der Waals surface area contributed by atoms with Gasteiger partial charge in [0.2, 0.25) is 5.91 Å². The number of benzene rings is 2. The standard InChI is InChI=1S/C25H26FN3O3/c1-16(17-10-11-17)28(14-19-7-3-5-9-21(19)26)22(30)15-29-23(31)25(27-24(29)32)13-12-18-6-2-4-8-20(18)25/h2-9,16-17H,10-15H2,1H3,(H,27,32). The van der Waals surface area contributed by atoms with E-state index >= 15 is 0 Å². The molecule has 7 heteroatoms. The average Bonchev–Trinajstić information content (AvgIpc) is 3.54. The van der Waals surface area contributed by atoms with E-state index in [-0.39, 0.29) is 36.8 Å². The van der Waals surface area contributed by atoms with Crippen LogP contribution in [0.3, 0.4) is 0 Å². The summed E-state index contributed by atoms with van der Waals surface area (Å²) in [5.74, 6) is -0.739. The summed E-state index contributed by atoms with van der Waals surface area (Å²) in [7, 11) is 0. The van der Waals surface area contributed by atoms with Gasteiger partial charge in [-0.15, -0.1) is 0 Å². The fourth-order valence-corrected chi connectivity index (χ4v) is 5.06. The third kappa shape index (κ3) is 3.36. The number of carbonyl (C=O) groups is 3. The highest BCUT2D eigenvalue weighted by molar-refractivity contribution is 6.09. The maximum atomic E-state index is 14.3. The van der Waals surface area contributed by atoms with Crippen LogP contribution in [0.15, 0.2) is 48.5 Å². The van der Waals surface area contributed by atoms with E-state index in [0.29, 0.717) is 24.3 Å². The molecule has 2 atom stereocenters. The van der Waals surface area contributed by atoms with E-state index in [0.717, 1.165) is 28.9 Å². The monoisotopic (exact) mass is 435 g/mol. The lowest BCUT2D eigenvalue weighted by Crippen LogP contribution is -2.47. The lowest BCUT2D eigenvalue weighted by molar-refractivity contribution is -0.141. The van der Waals surface area contributed by atoms with Crippen molar-refractivity contribution in [1.82, 2.24) is 15.1 Å². The van der Waals surface area contributed by atoms with Crippen LogP contribution in [-0.4, -0.2) is 40.2 Å². The molecular weight excluding hydrogens is 409 g/mol. The van der Waals surface area contributed by atoms with Crippen molar-refractivity contribution in [2.24, 2.45) is 5.92 Å². The third-order valence-corrected chi connectivity index (χ3v) is 7.13. The predicted octanol–water partition coefficient (Wildman–Crippen LogP) is 3.35. The summed E-state index contributed by atoms with van der Waals surface area (Å²) in [4.78, 5) is 42.2. The number of rotatable bonds is 6. The van der Waals surface area contributed by atoms with Gasteiger partial charge in [0, 0.05) is 18.2 Å². The molecule has 1 saturated heterocycles. The number of aryl methyl sites for hydroxylation is 1. The Hall–Kier alpha value is -3.22. The second kappa shape index (κ2) is 7.73. The van der Waals surface area contributed by atoms with Crippen LogP contribution >= 0.6 is 0 Å². The molecule has 0 bridgehead atoms. The lowest BCUT2D eigenvalue weighted by Gasteiger charge is -2.31. The van der Waals surface area contributed by atoms with Crippen LogP contribution in [0.1, 0.15) is 42.9 Å². The first-order valence-electron chi connectivity index (χ1n) is 11.2. The van der Waals surface area contributed by atoms with E-state index in [4.69, 9.17) is 0 Å². The molecule has 1 saturated carbocycles. The van der Waals surface area contributed by atoms with Crippen LogP contribution in [0.25, 0.3) is 0 Å². The second-order valence-electron chi connectivity index (χ2n) is 9.08. The van der Waals surface area contributed by atoms with Crippen LogP contribution in [0.2, 0.25) is 0 Å². The molecule has 2 unspecified atom stereocenters. The molecule has 4 amide bonds. The molecule has 1 N–H and O–H groups in total. The van der Waals surface area contributed by atoms with E-state index in [9.17, 15) is 18.8 Å². The van der Waals surface area contributed by atoms with Crippen molar-refractivity contribution in [1.29, 1.82) is 0 Å². The molecule has 3 aliphatic rings. The van der Waals surface area contributed by atoms with Gasteiger partial charge in [0.05, 0.1) is 0 Å². The van der Waals surface area contributed by atoms with Gasteiger partial charge in [-0.25, -0.2) is 9.18 Å². The number of fused-ring (bicyclic) bond motifs is 2. The second-order valence-corrected chi connectivity index (χ2v) is 9.08. The first-order chi connectivity index (χ1) is 15.4. The molecule has 166 valence electrons. The van der Waals surface area contributed by atoms with Gasteiger partial charge in [0.25, 0.3) is 5.91 Å². The molecule has 0 aromatic heterocycles. The third-order valence-electron chi connectivity index (χ3n) is 7.13. The molecular formula is C25H26FN3O3. The summed E-state index contributed by atoms with van der Waals surface area (Å²) in [5.41, 5.74) is 1.18. The summed E-state index contributed by atoms with van der Waals surface area (Å²) in [6, 6.07) is 13.3. The van der Waals surface area contributed by atoms with Crippen molar-refractivity contribution in [3.63, 3.8) is 0 Å². The number of amides is 4. The van der Waals surface area contributed by atoms with Crippen LogP contribution in [0, 0.1) is 11.7 Å². The zero-order chi connectivity index (χ0) is 22.5. The fourth-order valence-electron chi connectivity index (χ4n) is 5.06. The molecule has 2 fully saturated rings. The van der Waals surface area contributed by atoms with Gasteiger partial charge >= 0.3 is 6.03 Å². The molecule has 1 heterocycles. The minimum absolute atomic E-state index is 0.0935. The molecule has 1 aliphatic heterocycles. The topological polar surface area (TPSA) is 69.7 Å². The van der Waals surface area contributed by atoms with E-state index in [1.165, 1.54) is 6.07 Å². The first kappa shape index (κ1) is 20.7. The Kier molecular flexibility index (Phi) is 4.99. The number of carbonyl (C=O) groups excluding carboxylic acids is 3. The summed E-state index contributed by atoms with van der Waals surface area (Å²) in [5, 5.41) is 2.86. The first-order valence-corrected chi connectivity index (χ1v) is 11.2.